The summed E-state index contributed by atoms with van der Waals surface area (Å²) in [7, 11) is 1.65. The zero-order valence-corrected chi connectivity index (χ0v) is 15.0. The molecule has 1 aromatic carbocycles. The first-order chi connectivity index (χ1) is 8.52. The molecule has 0 bridgehead atoms. The van der Waals surface area contributed by atoms with E-state index in [0.717, 1.165) is 28.9 Å². The van der Waals surface area contributed by atoms with Crippen molar-refractivity contribution in [2.75, 3.05) is 7.11 Å². The Bertz CT molecular complexity index is 551. The molecule has 18 heavy (non-hydrogen) atoms. The van der Waals surface area contributed by atoms with E-state index in [1.54, 1.807) is 18.4 Å². The van der Waals surface area contributed by atoms with Gasteiger partial charge in [-0.2, -0.15) is 0 Å². The van der Waals surface area contributed by atoms with Crippen LogP contribution in [0.1, 0.15) is 16.5 Å². The normalized spacial score (nSPS) is 12.5. The van der Waals surface area contributed by atoms with E-state index in [0.29, 0.717) is 0 Å². The highest BCUT2D eigenvalue weighted by molar-refractivity contribution is 9.13. The number of benzene rings is 1. The molecule has 0 saturated heterocycles. The van der Waals surface area contributed by atoms with Crippen LogP contribution < -0.4 is 10.5 Å². The molecule has 1 unspecified atom stereocenters. The van der Waals surface area contributed by atoms with Gasteiger partial charge in [0.15, 0.2) is 0 Å². The van der Waals surface area contributed by atoms with Gasteiger partial charge in [-0.05, 0) is 71.6 Å². The van der Waals surface area contributed by atoms with Gasteiger partial charge in [0.1, 0.15) is 5.75 Å². The Morgan fingerprint density at radius 2 is 1.89 bits per heavy atom. The van der Waals surface area contributed by atoms with E-state index in [1.807, 2.05) is 24.3 Å². The number of methoxy groups -OCH3 is 1. The van der Waals surface area contributed by atoms with Gasteiger partial charge in [-0.3, -0.25) is 0 Å². The summed E-state index contributed by atoms with van der Waals surface area (Å²) in [6, 6.07) is 7.79. The van der Waals surface area contributed by atoms with Crippen LogP contribution in [0.2, 0.25) is 0 Å². The van der Waals surface area contributed by atoms with Crippen LogP contribution in [0.15, 0.2) is 37.0 Å². The molecule has 2 nitrogen and oxygen atoms in total. The minimum Gasteiger partial charge on any atom is -0.496 e. The lowest BCUT2D eigenvalue weighted by Gasteiger charge is -2.12. The highest BCUT2D eigenvalue weighted by Crippen LogP contribution is 2.37. The molecule has 1 atom stereocenters. The predicted molar refractivity (Wildman–Crippen MR) is 86.4 cm³/mol. The zero-order chi connectivity index (χ0) is 13.3. The summed E-state index contributed by atoms with van der Waals surface area (Å²) in [5.74, 6) is 0.805. The molecule has 0 amide bonds. The second-order valence-corrected chi connectivity index (χ2v) is 7.75. The Kier molecular flexibility index (Phi) is 4.88. The van der Waals surface area contributed by atoms with Gasteiger partial charge in [0.25, 0.3) is 0 Å². The molecular formula is C12H10Br3NOS. The topological polar surface area (TPSA) is 35.2 Å². The van der Waals surface area contributed by atoms with Gasteiger partial charge in [-0.1, -0.05) is 6.07 Å². The molecule has 6 heteroatoms. The van der Waals surface area contributed by atoms with E-state index in [4.69, 9.17) is 10.5 Å². The van der Waals surface area contributed by atoms with Crippen LogP contribution in [0.5, 0.6) is 5.75 Å². The highest BCUT2D eigenvalue weighted by Gasteiger charge is 2.15. The molecule has 0 fully saturated rings. The minimum atomic E-state index is -0.139. The Hall–Kier alpha value is 0.120. The molecule has 2 aromatic rings. The van der Waals surface area contributed by atoms with E-state index in [-0.39, 0.29) is 6.04 Å². The van der Waals surface area contributed by atoms with Gasteiger partial charge in [0.05, 0.1) is 21.4 Å². The lowest BCUT2D eigenvalue weighted by atomic mass is 10.1. The number of rotatable bonds is 3. The van der Waals surface area contributed by atoms with Crippen molar-refractivity contribution in [2.45, 2.75) is 6.04 Å². The fourth-order valence-corrected chi connectivity index (χ4v) is 4.23. The number of thiophene rings is 1. The lowest BCUT2D eigenvalue weighted by Crippen LogP contribution is -2.10. The molecule has 2 rings (SSSR count). The van der Waals surface area contributed by atoms with E-state index in [2.05, 4.69) is 47.8 Å². The molecule has 0 aliphatic rings. The van der Waals surface area contributed by atoms with Crippen molar-refractivity contribution in [3.05, 3.63) is 47.4 Å². The minimum absolute atomic E-state index is 0.139. The number of ether oxygens (including phenoxy) is 1. The third-order valence-corrected chi connectivity index (χ3v) is 6.46. The third kappa shape index (κ3) is 2.99. The van der Waals surface area contributed by atoms with Crippen LogP contribution in [0.25, 0.3) is 0 Å². The molecule has 0 radical (unpaired) electrons. The van der Waals surface area contributed by atoms with Gasteiger partial charge in [0, 0.05) is 9.35 Å². The van der Waals surface area contributed by atoms with Crippen LogP contribution in [0, 0.1) is 0 Å². The van der Waals surface area contributed by atoms with Gasteiger partial charge in [-0.15, -0.1) is 11.3 Å². The Balaban J connectivity index is 2.33. The number of hydrogen-bond donors (Lipinski definition) is 1. The highest BCUT2D eigenvalue weighted by atomic mass is 79.9. The molecule has 1 aromatic heterocycles. The zero-order valence-electron chi connectivity index (χ0n) is 9.41. The summed E-state index contributed by atoms with van der Waals surface area (Å²) in [6.45, 7) is 0. The molecule has 96 valence electrons. The summed E-state index contributed by atoms with van der Waals surface area (Å²) >= 11 is 12.1. The van der Waals surface area contributed by atoms with Gasteiger partial charge < -0.3 is 10.5 Å². The molecule has 2 N–H and O–H groups in total. The maximum absolute atomic E-state index is 6.27. The van der Waals surface area contributed by atoms with Crippen LogP contribution in [-0.2, 0) is 0 Å². The van der Waals surface area contributed by atoms with E-state index < -0.39 is 0 Å². The molecule has 0 saturated carbocycles. The van der Waals surface area contributed by atoms with Crippen LogP contribution >= 0.6 is 59.1 Å². The smallest absolute Gasteiger partial charge is 0.133 e. The summed E-state index contributed by atoms with van der Waals surface area (Å²) in [5.41, 5.74) is 7.31. The average Bonchev–Trinajstić information content (AvgIpc) is 2.68. The van der Waals surface area contributed by atoms with Crippen molar-refractivity contribution in [2.24, 2.45) is 5.73 Å². The summed E-state index contributed by atoms with van der Waals surface area (Å²) < 4.78 is 8.21. The Labute approximate surface area is 135 Å². The van der Waals surface area contributed by atoms with Crippen LogP contribution in [0.3, 0.4) is 0 Å². The molecule has 0 spiro atoms. The Morgan fingerprint density at radius 1 is 1.17 bits per heavy atom. The van der Waals surface area contributed by atoms with Gasteiger partial charge in [0.2, 0.25) is 0 Å². The maximum atomic E-state index is 6.27. The number of hydrogen-bond acceptors (Lipinski definition) is 3. The predicted octanol–water partition coefficient (Wildman–Crippen LogP) is 5.09. The number of nitrogens with two attached hydrogens (primary N) is 1. The second kappa shape index (κ2) is 6.05. The van der Waals surface area contributed by atoms with Crippen molar-refractivity contribution < 1.29 is 4.74 Å². The third-order valence-electron chi connectivity index (χ3n) is 2.51. The summed E-state index contributed by atoms with van der Waals surface area (Å²) in [4.78, 5) is 1.10. The number of halogens is 3. The standard InChI is InChI=1S/C12H10Br3NOS/c1-17-9-3-2-6(4-7(9)13)11(16)10-5-8(14)12(15)18-10/h2-5,11H,16H2,1H3. The quantitative estimate of drug-likeness (QED) is 0.699. The average molecular weight is 456 g/mol. The molecule has 0 aliphatic carbocycles. The molecule has 0 aliphatic heterocycles. The summed E-state index contributed by atoms with van der Waals surface area (Å²) in [5, 5.41) is 0. The van der Waals surface area contributed by atoms with Crippen molar-refractivity contribution in [3.8, 4) is 5.75 Å². The van der Waals surface area contributed by atoms with E-state index >= 15 is 0 Å². The van der Waals surface area contributed by atoms with Crippen molar-refractivity contribution in [3.63, 3.8) is 0 Å². The first kappa shape index (κ1) is 14.5. The van der Waals surface area contributed by atoms with Gasteiger partial charge >= 0.3 is 0 Å². The lowest BCUT2D eigenvalue weighted by molar-refractivity contribution is 0.412. The summed E-state index contributed by atoms with van der Waals surface area (Å²) in [6.07, 6.45) is 0. The van der Waals surface area contributed by atoms with Crippen molar-refractivity contribution in [1.29, 1.82) is 0 Å². The molecule has 1 heterocycles. The first-order valence-electron chi connectivity index (χ1n) is 5.06. The fraction of sp³-hybridized carbons (Fsp3) is 0.167. The first-order valence-corrected chi connectivity index (χ1v) is 8.26. The monoisotopic (exact) mass is 453 g/mol. The Morgan fingerprint density at radius 3 is 2.39 bits per heavy atom. The SMILES string of the molecule is COc1ccc(C(N)c2cc(Br)c(Br)s2)cc1Br. The van der Waals surface area contributed by atoms with Crippen LogP contribution in [-0.4, -0.2) is 7.11 Å². The maximum Gasteiger partial charge on any atom is 0.133 e. The van der Waals surface area contributed by atoms with Crippen LogP contribution in [0.4, 0.5) is 0 Å². The van der Waals surface area contributed by atoms with Crippen molar-refractivity contribution in [1.82, 2.24) is 0 Å². The van der Waals surface area contributed by atoms with Crippen molar-refractivity contribution >= 4 is 59.1 Å². The largest absolute Gasteiger partial charge is 0.496 e. The van der Waals surface area contributed by atoms with Gasteiger partial charge in [-0.25, -0.2) is 0 Å². The van der Waals surface area contributed by atoms with E-state index in [9.17, 15) is 0 Å². The second-order valence-electron chi connectivity index (χ2n) is 3.64. The molecular weight excluding hydrogens is 446 g/mol. The van der Waals surface area contributed by atoms with E-state index in [1.165, 1.54) is 0 Å². The fourth-order valence-electron chi connectivity index (χ4n) is 1.56.